The molecule has 0 fully saturated rings. The van der Waals surface area contributed by atoms with Gasteiger partial charge < -0.3 is 14.0 Å². The standard InChI is InChI=1S/C17H14FNO3/c1-20-14-6-2-12(3-7-14)17-10-16(22-19-17)11-21-15-8-4-13(18)5-9-15/h2-10H,11H2,1H3. The molecule has 0 unspecified atom stereocenters. The van der Waals surface area contributed by atoms with Crippen molar-refractivity contribution in [3.05, 3.63) is 66.2 Å². The van der Waals surface area contributed by atoms with Crippen LogP contribution in [0.4, 0.5) is 4.39 Å². The van der Waals surface area contributed by atoms with Gasteiger partial charge in [-0.3, -0.25) is 0 Å². The van der Waals surface area contributed by atoms with Gasteiger partial charge in [0.1, 0.15) is 29.6 Å². The first-order valence-corrected chi connectivity index (χ1v) is 6.73. The van der Waals surface area contributed by atoms with E-state index >= 15 is 0 Å². The highest BCUT2D eigenvalue weighted by molar-refractivity contribution is 5.59. The second-order valence-corrected chi connectivity index (χ2v) is 4.65. The lowest BCUT2D eigenvalue weighted by atomic mass is 10.1. The van der Waals surface area contributed by atoms with Crippen molar-refractivity contribution in [1.29, 1.82) is 0 Å². The predicted octanol–water partition coefficient (Wildman–Crippen LogP) is 4.07. The Labute approximate surface area is 127 Å². The Balaban J connectivity index is 1.66. The molecule has 0 atom stereocenters. The number of rotatable bonds is 5. The molecule has 3 aromatic rings. The Hall–Kier alpha value is -2.82. The van der Waals surface area contributed by atoms with Crippen molar-refractivity contribution in [3.8, 4) is 22.8 Å². The first-order chi connectivity index (χ1) is 10.7. The molecular weight excluding hydrogens is 285 g/mol. The fourth-order valence-corrected chi connectivity index (χ4v) is 1.96. The minimum absolute atomic E-state index is 0.231. The van der Waals surface area contributed by atoms with E-state index in [9.17, 15) is 4.39 Å². The summed E-state index contributed by atoms with van der Waals surface area (Å²) in [6.45, 7) is 0.231. The smallest absolute Gasteiger partial charge is 0.174 e. The highest BCUT2D eigenvalue weighted by atomic mass is 19.1. The molecule has 0 aliphatic heterocycles. The summed E-state index contributed by atoms with van der Waals surface area (Å²) in [5.74, 6) is 1.65. The number of benzene rings is 2. The first kappa shape index (κ1) is 14.1. The fourth-order valence-electron chi connectivity index (χ4n) is 1.96. The maximum Gasteiger partial charge on any atom is 0.174 e. The molecule has 0 bridgehead atoms. The summed E-state index contributed by atoms with van der Waals surface area (Å²) in [6.07, 6.45) is 0. The molecule has 1 heterocycles. The van der Waals surface area contributed by atoms with E-state index in [4.69, 9.17) is 14.0 Å². The lowest BCUT2D eigenvalue weighted by Crippen LogP contribution is -1.93. The average molecular weight is 299 g/mol. The van der Waals surface area contributed by atoms with Gasteiger partial charge in [0, 0.05) is 11.6 Å². The topological polar surface area (TPSA) is 44.5 Å². The number of hydrogen-bond donors (Lipinski definition) is 0. The van der Waals surface area contributed by atoms with Gasteiger partial charge >= 0.3 is 0 Å². The zero-order chi connectivity index (χ0) is 15.4. The van der Waals surface area contributed by atoms with Gasteiger partial charge in [-0.15, -0.1) is 0 Å². The van der Waals surface area contributed by atoms with E-state index in [1.54, 1.807) is 19.2 Å². The summed E-state index contributed by atoms with van der Waals surface area (Å²) >= 11 is 0. The highest BCUT2D eigenvalue weighted by Gasteiger charge is 2.07. The molecule has 112 valence electrons. The van der Waals surface area contributed by atoms with Gasteiger partial charge in [-0.05, 0) is 48.5 Å². The third-order valence-corrected chi connectivity index (χ3v) is 3.14. The van der Waals surface area contributed by atoms with E-state index in [1.807, 2.05) is 30.3 Å². The van der Waals surface area contributed by atoms with E-state index in [1.165, 1.54) is 12.1 Å². The monoisotopic (exact) mass is 299 g/mol. The van der Waals surface area contributed by atoms with Gasteiger partial charge in [0.05, 0.1) is 7.11 Å². The second kappa shape index (κ2) is 6.30. The Morgan fingerprint density at radius 2 is 1.68 bits per heavy atom. The normalized spacial score (nSPS) is 10.5. The Kier molecular flexibility index (Phi) is 4.05. The largest absolute Gasteiger partial charge is 0.497 e. The summed E-state index contributed by atoms with van der Waals surface area (Å²) in [6, 6.07) is 15.2. The maximum atomic E-state index is 12.8. The van der Waals surface area contributed by atoms with Crippen molar-refractivity contribution in [2.75, 3.05) is 7.11 Å². The average Bonchev–Trinajstić information content (AvgIpc) is 3.03. The van der Waals surface area contributed by atoms with Gasteiger partial charge in [-0.25, -0.2) is 4.39 Å². The summed E-state index contributed by atoms with van der Waals surface area (Å²) in [5, 5.41) is 4.01. The van der Waals surface area contributed by atoms with E-state index in [0.29, 0.717) is 11.5 Å². The highest BCUT2D eigenvalue weighted by Crippen LogP contribution is 2.22. The van der Waals surface area contributed by atoms with Gasteiger partial charge in [0.15, 0.2) is 5.76 Å². The molecule has 0 saturated carbocycles. The van der Waals surface area contributed by atoms with Crippen LogP contribution in [-0.2, 0) is 6.61 Å². The molecule has 5 heteroatoms. The summed E-state index contributed by atoms with van der Waals surface area (Å²) in [4.78, 5) is 0. The van der Waals surface area contributed by atoms with Crippen molar-refractivity contribution in [2.45, 2.75) is 6.61 Å². The number of aromatic nitrogens is 1. The van der Waals surface area contributed by atoms with Crippen LogP contribution in [-0.4, -0.2) is 12.3 Å². The molecule has 0 radical (unpaired) electrons. The number of methoxy groups -OCH3 is 1. The first-order valence-electron chi connectivity index (χ1n) is 6.73. The lowest BCUT2D eigenvalue weighted by molar-refractivity contribution is 0.249. The number of nitrogens with zero attached hydrogens (tertiary/aromatic N) is 1. The van der Waals surface area contributed by atoms with Gasteiger partial charge in [0.25, 0.3) is 0 Å². The van der Waals surface area contributed by atoms with Crippen LogP contribution in [0.2, 0.25) is 0 Å². The predicted molar refractivity (Wildman–Crippen MR) is 79.2 cm³/mol. The van der Waals surface area contributed by atoms with Gasteiger partial charge in [0.2, 0.25) is 0 Å². The molecule has 1 aromatic heterocycles. The van der Waals surface area contributed by atoms with Crippen LogP contribution in [0.1, 0.15) is 5.76 Å². The van der Waals surface area contributed by atoms with E-state index < -0.39 is 0 Å². The second-order valence-electron chi connectivity index (χ2n) is 4.65. The minimum Gasteiger partial charge on any atom is -0.497 e. The Morgan fingerprint density at radius 3 is 2.36 bits per heavy atom. The van der Waals surface area contributed by atoms with Crippen LogP contribution in [0, 0.1) is 5.82 Å². The lowest BCUT2D eigenvalue weighted by Gasteiger charge is -2.02. The van der Waals surface area contributed by atoms with Crippen molar-refractivity contribution < 1.29 is 18.4 Å². The van der Waals surface area contributed by atoms with Crippen molar-refractivity contribution in [2.24, 2.45) is 0 Å². The molecule has 0 amide bonds. The number of ether oxygens (including phenoxy) is 2. The molecule has 0 aliphatic rings. The van der Waals surface area contributed by atoms with Crippen LogP contribution >= 0.6 is 0 Å². The van der Waals surface area contributed by atoms with E-state index in [2.05, 4.69) is 5.16 Å². The quantitative estimate of drug-likeness (QED) is 0.712. The molecule has 0 aliphatic carbocycles. The molecular formula is C17H14FNO3. The summed E-state index contributed by atoms with van der Waals surface area (Å²) < 4.78 is 28.7. The van der Waals surface area contributed by atoms with Crippen molar-refractivity contribution >= 4 is 0 Å². The molecule has 0 saturated heterocycles. The third-order valence-electron chi connectivity index (χ3n) is 3.14. The summed E-state index contributed by atoms with van der Waals surface area (Å²) in [5.41, 5.74) is 1.65. The zero-order valence-corrected chi connectivity index (χ0v) is 12.0. The minimum atomic E-state index is -0.297. The van der Waals surface area contributed by atoms with Crippen LogP contribution in [0.3, 0.4) is 0 Å². The number of hydrogen-bond acceptors (Lipinski definition) is 4. The van der Waals surface area contributed by atoms with Crippen LogP contribution in [0.15, 0.2) is 59.1 Å². The molecule has 3 rings (SSSR count). The van der Waals surface area contributed by atoms with Gasteiger partial charge in [-0.1, -0.05) is 5.16 Å². The van der Waals surface area contributed by atoms with Crippen LogP contribution in [0.25, 0.3) is 11.3 Å². The van der Waals surface area contributed by atoms with Crippen molar-refractivity contribution in [1.82, 2.24) is 5.16 Å². The SMILES string of the molecule is COc1ccc(-c2cc(COc3ccc(F)cc3)on2)cc1. The molecule has 2 aromatic carbocycles. The fraction of sp³-hybridized carbons (Fsp3) is 0.118. The zero-order valence-electron chi connectivity index (χ0n) is 12.0. The Bertz CT molecular complexity index is 735. The van der Waals surface area contributed by atoms with Crippen molar-refractivity contribution in [3.63, 3.8) is 0 Å². The molecule has 4 nitrogen and oxygen atoms in total. The van der Waals surface area contributed by atoms with E-state index in [-0.39, 0.29) is 12.4 Å². The van der Waals surface area contributed by atoms with Crippen LogP contribution in [0.5, 0.6) is 11.5 Å². The third kappa shape index (κ3) is 3.25. The molecule has 0 N–H and O–H groups in total. The Morgan fingerprint density at radius 1 is 1.00 bits per heavy atom. The van der Waals surface area contributed by atoms with Crippen LogP contribution < -0.4 is 9.47 Å². The number of halogens is 1. The molecule has 22 heavy (non-hydrogen) atoms. The summed E-state index contributed by atoms with van der Waals surface area (Å²) in [7, 11) is 1.62. The molecule has 0 spiro atoms. The van der Waals surface area contributed by atoms with Gasteiger partial charge in [-0.2, -0.15) is 0 Å². The maximum absolute atomic E-state index is 12.8. The van der Waals surface area contributed by atoms with E-state index in [0.717, 1.165) is 17.0 Å².